The van der Waals surface area contributed by atoms with E-state index in [0.29, 0.717) is 16.8 Å². The summed E-state index contributed by atoms with van der Waals surface area (Å²) < 4.78 is 0. The van der Waals surface area contributed by atoms with Gasteiger partial charge in [0.15, 0.2) is 5.17 Å². The van der Waals surface area contributed by atoms with Gasteiger partial charge in [0, 0.05) is 11.7 Å². The lowest BCUT2D eigenvalue weighted by atomic mass is 10.1. The maximum atomic E-state index is 11.4. The summed E-state index contributed by atoms with van der Waals surface area (Å²) in [5, 5.41) is 3.84. The van der Waals surface area contributed by atoms with Crippen LogP contribution in [0.2, 0.25) is 0 Å². The molecule has 3 nitrogen and oxygen atoms in total. The molecule has 1 amide bonds. The molecule has 1 atom stereocenters. The fraction of sp³-hybridized carbons (Fsp3) is 0.385. The zero-order chi connectivity index (χ0) is 12.4. The number of rotatable bonds is 1. The van der Waals surface area contributed by atoms with Crippen molar-refractivity contribution in [2.24, 2.45) is 4.99 Å². The van der Waals surface area contributed by atoms with Gasteiger partial charge in [-0.1, -0.05) is 36.9 Å². The molecular weight excluding hydrogens is 232 g/mol. The fourth-order valence-electron chi connectivity index (χ4n) is 1.83. The lowest BCUT2D eigenvalue weighted by Gasteiger charge is -2.19. The predicted octanol–water partition coefficient (Wildman–Crippen LogP) is 2.93. The third-order valence-corrected chi connectivity index (χ3v) is 3.67. The van der Waals surface area contributed by atoms with Gasteiger partial charge in [0.25, 0.3) is 0 Å². The number of para-hydroxylation sites is 1. The van der Waals surface area contributed by atoms with E-state index in [0.717, 1.165) is 16.8 Å². The Labute approximate surface area is 106 Å². The van der Waals surface area contributed by atoms with Crippen LogP contribution in [0.3, 0.4) is 0 Å². The van der Waals surface area contributed by atoms with Gasteiger partial charge in [-0.15, -0.1) is 0 Å². The molecule has 1 saturated heterocycles. The number of nitrogens with one attached hydrogen (secondary N) is 1. The molecule has 1 heterocycles. The van der Waals surface area contributed by atoms with Crippen LogP contribution in [0.1, 0.15) is 24.5 Å². The summed E-state index contributed by atoms with van der Waals surface area (Å²) in [7, 11) is 0. The highest BCUT2D eigenvalue weighted by Gasteiger charge is 2.21. The van der Waals surface area contributed by atoms with Crippen LogP contribution in [-0.4, -0.2) is 16.3 Å². The molecule has 90 valence electrons. The van der Waals surface area contributed by atoms with Gasteiger partial charge in [0.2, 0.25) is 5.91 Å². The maximum absolute atomic E-state index is 11.4. The molecule has 0 aromatic heterocycles. The molecule has 4 heteroatoms. The summed E-state index contributed by atoms with van der Waals surface area (Å²) in [6, 6.07) is 6.08. The van der Waals surface area contributed by atoms with Gasteiger partial charge in [0.1, 0.15) is 0 Å². The molecule has 1 aromatic carbocycles. The van der Waals surface area contributed by atoms with Crippen molar-refractivity contribution in [3.05, 3.63) is 29.3 Å². The first-order valence-electron chi connectivity index (χ1n) is 5.67. The molecule has 1 aliphatic rings. The van der Waals surface area contributed by atoms with Gasteiger partial charge in [-0.25, -0.2) is 4.99 Å². The van der Waals surface area contributed by atoms with Gasteiger partial charge in [-0.2, -0.15) is 0 Å². The van der Waals surface area contributed by atoms with E-state index < -0.39 is 0 Å². The van der Waals surface area contributed by atoms with Gasteiger partial charge in [-0.05, 0) is 25.0 Å². The molecular formula is C13H16N2OS. The first-order chi connectivity index (χ1) is 8.06. The molecule has 2 rings (SSSR count). The van der Waals surface area contributed by atoms with E-state index in [-0.39, 0.29) is 5.91 Å². The minimum Gasteiger partial charge on any atom is -0.305 e. The summed E-state index contributed by atoms with van der Waals surface area (Å²) in [6.45, 7) is 6.11. The van der Waals surface area contributed by atoms with Crippen LogP contribution >= 0.6 is 11.8 Å². The monoisotopic (exact) mass is 248 g/mol. The van der Waals surface area contributed by atoms with E-state index in [2.05, 4.69) is 10.3 Å². The largest absolute Gasteiger partial charge is 0.305 e. The van der Waals surface area contributed by atoms with Gasteiger partial charge >= 0.3 is 0 Å². The lowest BCUT2D eigenvalue weighted by Crippen LogP contribution is -2.36. The summed E-state index contributed by atoms with van der Waals surface area (Å²) in [6.07, 6.45) is 0.566. The van der Waals surface area contributed by atoms with Crippen molar-refractivity contribution in [1.29, 1.82) is 0 Å². The quantitative estimate of drug-likeness (QED) is 0.830. The van der Waals surface area contributed by atoms with Crippen LogP contribution in [0.4, 0.5) is 5.69 Å². The Morgan fingerprint density at radius 2 is 2.00 bits per heavy atom. The minimum absolute atomic E-state index is 0.0567. The Balaban J connectivity index is 2.32. The summed E-state index contributed by atoms with van der Waals surface area (Å²) in [4.78, 5) is 16.0. The van der Waals surface area contributed by atoms with Gasteiger partial charge in [-0.3, -0.25) is 4.79 Å². The predicted molar refractivity (Wildman–Crippen MR) is 72.8 cm³/mol. The number of carbonyl (C=O) groups excluding carboxylic acids is 1. The molecule has 1 fully saturated rings. The number of nitrogens with zero attached hydrogens (tertiary/aromatic N) is 1. The van der Waals surface area contributed by atoms with Gasteiger partial charge in [0.05, 0.1) is 5.69 Å². The zero-order valence-electron chi connectivity index (χ0n) is 10.3. The van der Waals surface area contributed by atoms with E-state index in [1.54, 1.807) is 11.8 Å². The average molecular weight is 248 g/mol. The highest BCUT2D eigenvalue weighted by Crippen LogP contribution is 2.27. The summed E-state index contributed by atoms with van der Waals surface area (Å²) >= 11 is 1.62. The Morgan fingerprint density at radius 1 is 1.35 bits per heavy atom. The molecule has 1 aliphatic heterocycles. The second kappa shape index (κ2) is 4.92. The number of carbonyl (C=O) groups is 1. The highest BCUT2D eigenvalue weighted by molar-refractivity contribution is 8.14. The smallest absolute Gasteiger partial charge is 0.227 e. The standard InChI is InChI=1S/C13H16N2OS/c1-8-5-4-6-9(2)12(8)15-13-14-11(16)7-10(3)17-13/h4-6,10H,7H2,1-3H3,(H,14,15,16). The van der Waals surface area contributed by atoms with Crippen molar-refractivity contribution in [3.63, 3.8) is 0 Å². The summed E-state index contributed by atoms with van der Waals surface area (Å²) in [5.41, 5.74) is 3.22. The lowest BCUT2D eigenvalue weighted by molar-refractivity contribution is -0.119. The van der Waals surface area contributed by atoms with Crippen LogP contribution in [0, 0.1) is 13.8 Å². The first kappa shape index (κ1) is 12.2. The topological polar surface area (TPSA) is 41.5 Å². The van der Waals surface area contributed by atoms with Crippen LogP contribution in [0.15, 0.2) is 23.2 Å². The average Bonchev–Trinajstić information content (AvgIpc) is 2.22. The third-order valence-electron chi connectivity index (χ3n) is 2.68. The number of thioether (sulfide) groups is 1. The molecule has 0 saturated carbocycles. The van der Waals surface area contributed by atoms with E-state index in [1.807, 2.05) is 39.0 Å². The van der Waals surface area contributed by atoms with E-state index >= 15 is 0 Å². The van der Waals surface area contributed by atoms with Crippen molar-refractivity contribution >= 4 is 28.5 Å². The fourth-order valence-corrected chi connectivity index (χ4v) is 2.76. The number of amides is 1. The molecule has 1 N–H and O–H groups in total. The van der Waals surface area contributed by atoms with Crippen LogP contribution in [0.25, 0.3) is 0 Å². The second-order valence-electron chi connectivity index (χ2n) is 4.34. The number of benzene rings is 1. The van der Waals surface area contributed by atoms with Gasteiger partial charge < -0.3 is 5.32 Å². The van der Waals surface area contributed by atoms with Crippen molar-refractivity contribution in [3.8, 4) is 0 Å². The Bertz CT molecular complexity index is 462. The van der Waals surface area contributed by atoms with E-state index in [4.69, 9.17) is 0 Å². The molecule has 1 unspecified atom stereocenters. The number of aryl methyl sites for hydroxylation is 2. The SMILES string of the molecule is Cc1cccc(C)c1N=C1NC(=O)CC(C)S1. The molecule has 0 spiro atoms. The molecule has 0 bridgehead atoms. The number of hydrogen-bond acceptors (Lipinski definition) is 3. The molecule has 1 aromatic rings. The molecule has 0 radical (unpaired) electrons. The zero-order valence-corrected chi connectivity index (χ0v) is 11.1. The number of aliphatic imine (C=N–C) groups is 1. The maximum Gasteiger partial charge on any atom is 0.227 e. The van der Waals surface area contributed by atoms with E-state index in [9.17, 15) is 4.79 Å². The Hall–Kier alpha value is -1.29. The molecule has 0 aliphatic carbocycles. The van der Waals surface area contributed by atoms with E-state index in [1.165, 1.54) is 0 Å². The highest BCUT2D eigenvalue weighted by atomic mass is 32.2. The number of amidine groups is 1. The Morgan fingerprint density at radius 3 is 2.59 bits per heavy atom. The summed E-state index contributed by atoms with van der Waals surface area (Å²) in [5.74, 6) is 0.0567. The normalized spacial score (nSPS) is 22.6. The van der Waals surface area contributed by atoms with Crippen LogP contribution < -0.4 is 5.32 Å². The minimum atomic E-state index is 0.0567. The van der Waals surface area contributed by atoms with Crippen molar-refractivity contribution in [1.82, 2.24) is 5.32 Å². The molecule has 17 heavy (non-hydrogen) atoms. The first-order valence-corrected chi connectivity index (χ1v) is 6.55. The second-order valence-corrected chi connectivity index (χ2v) is 5.77. The Kier molecular flexibility index (Phi) is 3.52. The van der Waals surface area contributed by atoms with Crippen LogP contribution in [-0.2, 0) is 4.79 Å². The van der Waals surface area contributed by atoms with Crippen LogP contribution in [0.5, 0.6) is 0 Å². The third kappa shape index (κ3) is 2.88. The van der Waals surface area contributed by atoms with Crippen molar-refractivity contribution < 1.29 is 4.79 Å². The van der Waals surface area contributed by atoms with Crippen molar-refractivity contribution in [2.75, 3.05) is 0 Å². The van der Waals surface area contributed by atoms with Crippen molar-refractivity contribution in [2.45, 2.75) is 32.4 Å². The number of hydrogen-bond donors (Lipinski definition) is 1.